The van der Waals surface area contributed by atoms with E-state index in [2.05, 4.69) is 16.9 Å². The van der Waals surface area contributed by atoms with E-state index in [-0.39, 0.29) is 12.5 Å². The molecule has 0 aliphatic carbocycles. The molecule has 0 radical (unpaired) electrons. The topological polar surface area (TPSA) is 62.3 Å². The van der Waals surface area contributed by atoms with Gasteiger partial charge in [-0.3, -0.25) is 14.7 Å². The van der Waals surface area contributed by atoms with E-state index in [1.165, 1.54) is 6.08 Å². The molecule has 5 heteroatoms. The third kappa shape index (κ3) is 1.69. The molecule has 1 unspecified atom stereocenters. The van der Waals surface area contributed by atoms with Gasteiger partial charge in [0.1, 0.15) is 0 Å². The van der Waals surface area contributed by atoms with Crippen LogP contribution in [-0.4, -0.2) is 28.4 Å². The van der Waals surface area contributed by atoms with Crippen LogP contribution in [0.15, 0.2) is 37.1 Å². The second-order valence-corrected chi connectivity index (χ2v) is 3.97. The van der Waals surface area contributed by atoms with Gasteiger partial charge >= 0.3 is 6.03 Å². The molecule has 88 valence electrons. The minimum absolute atomic E-state index is 0.201. The fourth-order valence-electron chi connectivity index (χ4n) is 1.82. The zero-order valence-corrected chi connectivity index (χ0v) is 9.51. The Balaban J connectivity index is 2.38. The molecule has 3 amide bonds. The maximum atomic E-state index is 12.2. The van der Waals surface area contributed by atoms with Crippen LogP contribution in [0.4, 0.5) is 4.79 Å². The minimum atomic E-state index is -1.08. The van der Waals surface area contributed by atoms with Crippen LogP contribution in [-0.2, 0) is 10.3 Å². The Morgan fingerprint density at radius 1 is 1.53 bits per heavy atom. The number of amides is 3. The number of carbonyl (C=O) groups is 2. The summed E-state index contributed by atoms with van der Waals surface area (Å²) in [6, 6.07) is 4.84. The summed E-state index contributed by atoms with van der Waals surface area (Å²) in [5.74, 6) is -0.305. The van der Waals surface area contributed by atoms with Gasteiger partial charge in [0.15, 0.2) is 5.54 Å². The molecule has 1 aromatic rings. The van der Waals surface area contributed by atoms with Gasteiger partial charge in [0, 0.05) is 12.7 Å². The van der Waals surface area contributed by atoms with Crippen LogP contribution in [0.5, 0.6) is 0 Å². The standard InChI is InChI=1S/C12H13N3O2/c1-3-8-15-10(16)12(2,14-11(15)17)9-6-4-5-7-13-9/h3-7H,1,8H2,2H3,(H,14,17). The molecule has 1 atom stereocenters. The molecule has 0 bridgehead atoms. The van der Waals surface area contributed by atoms with Gasteiger partial charge in [-0.15, -0.1) is 6.58 Å². The third-order valence-corrected chi connectivity index (χ3v) is 2.76. The molecule has 0 aromatic carbocycles. The molecule has 1 N–H and O–H groups in total. The number of rotatable bonds is 3. The monoisotopic (exact) mass is 231 g/mol. The van der Waals surface area contributed by atoms with E-state index in [9.17, 15) is 9.59 Å². The van der Waals surface area contributed by atoms with Gasteiger partial charge in [0.05, 0.1) is 5.69 Å². The highest BCUT2D eigenvalue weighted by molar-refractivity contribution is 6.07. The molecule has 0 saturated carbocycles. The Hall–Kier alpha value is -2.17. The molecule has 1 saturated heterocycles. The maximum Gasteiger partial charge on any atom is 0.325 e. The smallest absolute Gasteiger partial charge is 0.318 e. The van der Waals surface area contributed by atoms with Crippen LogP contribution >= 0.6 is 0 Å². The maximum absolute atomic E-state index is 12.2. The Morgan fingerprint density at radius 2 is 2.29 bits per heavy atom. The van der Waals surface area contributed by atoms with E-state index in [0.29, 0.717) is 5.69 Å². The van der Waals surface area contributed by atoms with Gasteiger partial charge < -0.3 is 5.32 Å². The van der Waals surface area contributed by atoms with Crippen molar-refractivity contribution in [1.29, 1.82) is 0 Å². The number of hydrogen-bond donors (Lipinski definition) is 1. The van der Waals surface area contributed by atoms with Crippen molar-refractivity contribution in [2.24, 2.45) is 0 Å². The number of hydrogen-bond acceptors (Lipinski definition) is 3. The number of pyridine rings is 1. The SMILES string of the molecule is C=CCN1C(=O)NC(C)(c2ccccn2)C1=O. The van der Waals surface area contributed by atoms with Crippen molar-refractivity contribution in [3.05, 3.63) is 42.7 Å². The second kappa shape index (κ2) is 4.01. The Labute approximate surface area is 99.1 Å². The van der Waals surface area contributed by atoms with Gasteiger partial charge in [0.2, 0.25) is 0 Å². The average molecular weight is 231 g/mol. The van der Waals surface area contributed by atoms with Crippen molar-refractivity contribution in [1.82, 2.24) is 15.2 Å². The first-order valence-electron chi connectivity index (χ1n) is 5.26. The normalized spacial score (nSPS) is 23.7. The van der Waals surface area contributed by atoms with E-state index in [1.807, 2.05) is 0 Å². The van der Waals surface area contributed by atoms with E-state index < -0.39 is 11.6 Å². The first kappa shape index (κ1) is 11.3. The van der Waals surface area contributed by atoms with Crippen molar-refractivity contribution in [3.63, 3.8) is 0 Å². The summed E-state index contributed by atoms with van der Waals surface area (Å²) in [5, 5.41) is 2.66. The lowest BCUT2D eigenvalue weighted by Gasteiger charge is -2.20. The summed E-state index contributed by atoms with van der Waals surface area (Å²) in [6.07, 6.45) is 3.11. The highest BCUT2D eigenvalue weighted by Gasteiger charge is 2.49. The summed E-state index contributed by atoms with van der Waals surface area (Å²) in [5.41, 5.74) is -0.550. The van der Waals surface area contributed by atoms with Gasteiger partial charge in [-0.1, -0.05) is 12.1 Å². The van der Waals surface area contributed by atoms with Crippen molar-refractivity contribution < 1.29 is 9.59 Å². The average Bonchev–Trinajstić information content (AvgIpc) is 2.56. The van der Waals surface area contributed by atoms with Crippen LogP contribution in [0.25, 0.3) is 0 Å². The minimum Gasteiger partial charge on any atom is -0.318 e. The highest BCUT2D eigenvalue weighted by atomic mass is 16.2. The number of carbonyl (C=O) groups excluding carboxylic acids is 2. The Kier molecular flexibility index (Phi) is 2.67. The Morgan fingerprint density at radius 3 is 2.88 bits per heavy atom. The molecule has 2 rings (SSSR count). The molecule has 2 heterocycles. The second-order valence-electron chi connectivity index (χ2n) is 3.97. The van der Waals surface area contributed by atoms with Gasteiger partial charge in [0.25, 0.3) is 5.91 Å². The Bertz CT molecular complexity index is 472. The lowest BCUT2D eigenvalue weighted by atomic mass is 9.97. The van der Waals surface area contributed by atoms with Gasteiger partial charge in [-0.2, -0.15) is 0 Å². The molecular weight excluding hydrogens is 218 g/mol. The quantitative estimate of drug-likeness (QED) is 0.624. The molecule has 1 aliphatic rings. The fraction of sp³-hybridized carbons (Fsp3) is 0.250. The molecule has 1 aliphatic heterocycles. The number of aromatic nitrogens is 1. The molecule has 0 spiro atoms. The zero-order chi connectivity index (χ0) is 12.5. The number of imide groups is 1. The molecule has 5 nitrogen and oxygen atoms in total. The van der Waals surface area contributed by atoms with Crippen molar-refractivity contribution in [2.45, 2.75) is 12.5 Å². The number of urea groups is 1. The summed E-state index contributed by atoms with van der Waals surface area (Å²) in [6.45, 7) is 5.38. The van der Waals surface area contributed by atoms with E-state index >= 15 is 0 Å². The fourth-order valence-corrected chi connectivity index (χ4v) is 1.82. The molecule has 1 fully saturated rings. The summed E-state index contributed by atoms with van der Waals surface area (Å²) in [4.78, 5) is 29.1. The first-order valence-corrected chi connectivity index (χ1v) is 5.26. The van der Waals surface area contributed by atoms with Crippen LogP contribution in [0, 0.1) is 0 Å². The molecule has 1 aromatic heterocycles. The summed E-state index contributed by atoms with van der Waals surface area (Å²) in [7, 11) is 0. The molecule has 17 heavy (non-hydrogen) atoms. The van der Waals surface area contributed by atoms with Crippen molar-refractivity contribution in [3.8, 4) is 0 Å². The predicted octanol–water partition coefficient (Wildman–Crippen LogP) is 1.03. The lowest BCUT2D eigenvalue weighted by molar-refractivity contribution is -0.130. The zero-order valence-electron chi connectivity index (χ0n) is 9.51. The summed E-state index contributed by atoms with van der Waals surface area (Å²) >= 11 is 0. The van der Waals surface area contributed by atoms with E-state index in [1.54, 1.807) is 31.3 Å². The van der Waals surface area contributed by atoms with Crippen LogP contribution in [0.3, 0.4) is 0 Å². The van der Waals surface area contributed by atoms with Crippen LogP contribution in [0.1, 0.15) is 12.6 Å². The predicted molar refractivity (Wildman–Crippen MR) is 62.0 cm³/mol. The highest BCUT2D eigenvalue weighted by Crippen LogP contribution is 2.26. The largest absolute Gasteiger partial charge is 0.325 e. The first-order chi connectivity index (χ1) is 8.09. The van der Waals surface area contributed by atoms with Crippen molar-refractivity contribution >= 4 is 11.9 Å². The summed E-state index contributed by atoms with van der Waals surface area (Å²) < 4.78 is 0. The van der Waals surface area contributed by atoms with E-state index in [4.69, 9.17) is 0 Å². The van der Waals surface area contributed by atoms with Gasteiger partial charge in [-0.25, -0.2) is 4.79 Å². The van der Waals surface area contributed by atoms with Crippen molar-refractivity contribution in [2.75, 3.05) is 6.54 Å². The third-order valence-electron chi connectivity index (χ3n) is 2.76. The van der Waals surface area contributed by atoms with Crippen LogP contribution in [0.2, 0.25) is 0 Å². The lowest BCUT2D eigenvalue weighted by Crippen LogP contribution is -2.41. The number of nitrogens with one attached hydrogen (secondary N) is 1. The van der Waals surface area contributed by atoms with E-state index in [0.717, 1.165) is 4.90 Å². The number of nitrogens with zero attached hydrogens (tertiary/aromatic N) is 2. The van der Waals surface area contributed by atoms with Crippen LogP contribution < -0.4 is 5.32 Å². The van der Waals surface area contributed by atoms with Gasteiger partial charge in [-0.05, 0) is 19.1 Å². The molecular formula is C12H13N3O2.